The first-order valence-electron chi connectivity index (χ1n) is 4.34. The van der Waals surface area contributed by atoms with Crippen LogP contribution >= 0.6 is 11.6 Å². The van der Waals surface area contributed by atoms with Crippen molar-refractivity contribution in [1.82, 2.24) is 0 Å². The van der Waals surface area contributed by atoms with Gasteiger partial charge in [0.2, 0.25) is 0 Å². The van der Waals surface area contributed by atoms with Crippen LogP contribution in [0.2, 0.25) is 0 Å². The summed E-state index contributed by atoms with van der Waals surface area (Å²) >= 11 is 5.83. The fourth-order valence-corrected chi connectivity index (χ4v) is 1.80. The van der Waals surface area contributed by atoms with E-state index < -0.39 is 0 Å². The normalized spacial score (nSPS) is 10.3. The van der Waals surface area contributed by atoms with E-state index in [9.17, 15) is 0 Å². The average Bonchev–Trinajstić information content (AvgIpc) is 2.08. The van der Waals surface area contributed by atoms with Gasteiger partial charge in [-0.2, -0.15) is 0 Å². The van der Waals surface area contributed by atoms with Gasteiger partial charge in [-0.15, -0.1) is 11.6 Å². The predicted molar refractivity (Wildman–Crippen MR) is 54.9 cm³/mol. The first-order chi connectivity index (χ1) is 5.69. The van der Waals surface area contributed by atoms with Crippen LogP contribution in [0.15, 0.2) is 12.1 Å². The fourth-order valence-electron chi connectivity index (χ4n) is 1.52. The molecule has 0 aliphatic heterocycles. The number of alkyl halides is 1. The Hall–Kier alpha value is -0.490. The van der Waals surface area contributed by atoms with Gasteiger partial charge in [0.25, 0.3) is 0 Å². The van der Waals surface area contributed by atoms with Crippen molar-refractivity contribution in [1.29, 1.82) is 0 Å². The van der Waals surface area contributed by atoms with Crippen molar-refractivity contribution in [2.24, 2.45) is 0 Å². The molecule has 0 amide bonds. The minimum absolute atomic E-state index is 0.626. The van der Waals surface area contributed by atoms with Crippen LogP contribution in [0.3, 0.4) is 0 Å². The summed E-state index contributed by atoms with van der Waals surface area (Å²) in [5.41, 5.74) is 5.37. The van der Waals surface area contributed by atoms with Crippen molar-refractivity contribution in [3.8, 4) is 0 Å². The minimum Gasteiger partial charge on any atom is -0.122 e. The van der Waals surface area contributed by atoms with Crippen molar-refractivity contribution in [2.75, 3.05) is 0 Å². The van der Waals surface area contributed by atoms with E-state index in [0.29, 0.717) is 5.88 Å². The Morgan fingerprint density at radius 2 is 1.75 bits per heavy atom. The summed E-state index contributed by atoms with van der Waals surface area (Å²) in [6.45, 7) is 6.45. The van der Waals surface area contributed by atoms with Gasteiger partial charge in [0.05, 0.1) is 0 Å². The number of benzene rings is 1. The smallest absolute Gasteiger partial charge is 0.0476 e. The highest BCUT2D eigenvalue weighted by Crippen LogP contribution is 2.18. The molecule has 0 heterocycles. The highest BCUT2D eigenvalue weighted by Gasteiger charge is 2.02. The van der Waals surface area contributed by atoms with Crippen LogP contribution in [-0.2, 0) is 12.3 Å². The van der Waals surface area contributed by atoms with E-state index in [1.807, 2.05) is 0 Å². The molecule has 66 valence electrons. The zero-order valence-electron chi connectivity index (χ0n) is 7.95. The van der Waals surface area contributed by atoms with Gasteiger partial charge in [0, 0.05) is 5.88 Å². The van der Waals surface area contributed by atoms with E-state index in [2.05, 4.69) is 32.9 Å². The lowest BCUT2D eigenvalue weighted by atomic mass is 9.99. The minimum atomic E-state index is 0.626. The molecule has 0 atom stereocenters. The summed E-state index contributed by atoms with van der Waals surface area (Å²) in [5, 5.41) is 0. The van der Waals surface area contributed by atoms with E-state index in [1.54, 1.807) is 0 Å². The number of halogens is 1. The van der Waals surface area contributed by atoms with Crippen molar-refractivity contribution in [3.63, 3.8) is 0 Å². The summed E-state index contributed by atoms with van der Waals surface area (Å²) in [5.74, 6) is 0.626. The van der Waals surface area contributed by atoms with Crippen molar-refractivity contribution in [2.45, 2.75) is 33.1 Å². The van der Waals surface area contributed by atoms with Crippen LogP contribution in [0.1, 0.15) is 29.2 Å². The molecular weight excluding hydrogens is 168 g/mol. The lowest BCUT2D eigenvalue weighted by Crippen LogP contribution is -1.93. The van der Waals surface area contributed by atoms with Gasteiger partial charge < -0.3 is 0 Å². The van der Waals surface area contributed by atoms with Gasteiger partial charge in [-0.05, 0) is 37.0 Å². The second-order valence-corrected chi connectivity index (χ2v) is 3.46. The average molecular weight is 183 g/mol. The predicted octanol–water partition coefficient (Wildman–Crippen LogP) is 3.60. The Morgan fingerprint density at radius 1 is 1.17 bits per heavy atom. The molecule has 1 aromatic rings. The highest BCUT2D eigenvalue weighted by atomic mass is 35.5. The summed E-state index contributed by atoms with van der Waals surface area (Å²) in [7, 11) is 0. The van der Waals surface area contributed by atoms with E-state index in [0.717, 1.165) is 6.42 Å². The molecule has 0 unspecified atom stereocenters. The maximum absolute atomic E-state index is 5.83. The maximum atomic E-state index is 5.83. The largest absolute Gasteiger partial charge is 0.122 e. The summed E-state index contributed by atoms with van der Waals surface area (Å²) < 4.78 is 0. The monoisotopic (exact) mass is 182 g/mol. The van der Waals surface area contributed by atoms with Gasteiger partial charge in [0.1, 0.15) is 0 Å². The molecule has 0 fully saturated rings. The molecule has 1 rings (SSSR count). The first kappa shape index (κ1) is 9.60. The number of aryl methyl sites for hydroxylation is 2. The van der Waals surface area contributed by atoms with E-state index in [4.69, 9.17) is 11.6 Å². The van der Waals surface area contributed by atoms with Crippen LogP contribution in [0.25, 0.3) is 0 Å². The summed E-state index contributed by atoms with van der Waals surface area (Å²) in [4.78, 5) is 0. The quantitative estimate of drug-likeness (QED) is 0.614. The molecule has 0 saturated carbocycles. The molecule has 0 spiro atoms. The highest BCUT2D eigenvalue weighted by molar-refractivity contribution is 6.17. The molecule has 0 radical (unpaired) electrons. The third-order valence-corrected chi connectivity index (χ3v) is 2.58. The number of rotatable bonds is 2. The Labute approximate surface area is 79.6 Å². The molecule has 0 aliphatic rings. The van der Waals surface area contributed by atoms with Gasteiger partial charge in [-0.1, -0.05) is 24.6 Å². The fraction of sp³-hybridized carbons (Fsp3) is 0.455. The van der Waals surface area contributed by atoms with E-state index in [1.165, 1.54) is 22.3 Å². The van der Waals surface area contributed by atoms with E-state index in [-0.39, 0.29) is 0 Å². The lowest BCUT2D eigenvalue weighted by molar-refractivity contribution is 1.08. The van der Waals surface area contributed by atoms with Crippen molar-refractivity contribution >= 4 is 11.6 Å². The number of hydrogen-bond acceptors (Lipinski definition) is 0. The molecule has 0 bridgehead atoms. The van der Waals surface area contributed by atoms with Crippen LogP contribution in [0.4, 0.5) is 0 Å². The van der Waals surface area contributed by atoms with Crippen molar-refractivity contribution in [3.05, 3.63) is 34.4 Å². The molecule has 1 aromatic carbocycles. The molecule has 1 heteroatoms. The topological polar surface area (TPSA) is 0 Å². The molecule has 0 N–H and O–H groups in total. The zero-order valence-corrected chi connectivity index (χ0v) is 8.70. The Kier molecular flexibility index (Phi) is 3.16. The second-order valence-electron chi connectivity index (χ2n) is 3.20. The van der Waals surface area contributed by atoms with Crippen LogP contribution in [0, 0.1) is 13.8 Å². The lowest BCUT2D eigenvalue weighted by Gasteiger charge is -2.09. The third kappa shape index (κ3) is 1.81. The van der Waals surface area contributed by atoms with Crippen molar-refractivity contribution < 1.29 is 0 Å². The first-order valence-corrected chi connectivity index (χ1v) is 4.87. The van der Waals surface area contributed by atoms with Gasteiger partial charge in [-0.3, -0.25) is 0 Å². The number of hydrogen-bond donors (Lipinski definition) is 0. The molecule has 0 saturated heterocycles. The standard InChI is InChI=1S/C11H15Cl/c1-4-10-5-8(2)6-11(7-12)9(10)3/h5-6H,4,7H2,1-3H3. The summed E-state index contributed by atoms with van der Waals surface area (Å²) in [6, 6.07) is 4.41. The van der Waals surface area contributed by atoms with Gasteiger partial charge >= 0.3 is 0 Å². The SMILES string of the molecule is CCc1cc(C)cc(CCl)c1C. The van der Waals surface area contributed by atoms with Crippen LogP contribution < -0.4 is 0 Å². The van der Waals surface area contributed by atoms with Crippen LogP contribution in [0.5, 0.6) is 0 Å². The van der Waals surface area contributed by atoms with Gasteiger partial charge in [-0.25, -0.2) is 0 Å². The van der Waals surface area contributed by atoms with Gasteiger partial charge in [0.15, 0.2) is 0 Å². The molecule has 0 aromatic heterocycles. The Bertz CT molecular complexity index is 251. The molecule has 0 aliphatic carbocycles. The van der Waals surface area contributed by atoms with Crippen LogP contribution in [-0.4, -0.2) is 0 Å². The molecular formula is C11H15Cl. The Morgan fingerprint density at radius 3 is 2.25 bits per heavy atom. The molecule has 12 heavy (non-hydrogen) atoms. The molecule has 0 nitrogen and oxygen atoms in total. The van der Waals surface area contributed by atoms with E-state index >= 15 is 0 Å². The third-order valence-electron chi connectivity index (χ3n) is 2.29. The maximum Gasteiger partial charge on any atom is 0.0476 e. The Balaban J connectivity index is 3.22. The zero-order chi connectivity index (χ0) is 9.14. The summed E-state index contributed by atoms with van der Waals surface area (Å²) in [6.07, 6.45) is 1.09. The second kappa shape index (κ2) is 3.95.